The highest BCUT2D eigenvalue weighted by Crippen LogP contribution is 2.30. The molecule has 0 amide bonds. The van der Waals surface area contributed by atoms with Gasteiger partial charge in [0.25, 0.3) is 0 Å². The molecule has 0 spiro atoms. The molecule has 0 heterocycles. The molecule has 0 saturated heterocycles. The Bertz CT molecular complexity index is 380. The molecule has 14 heavy (non-hydrogen) atoms. The highest BCUT2D eigenvalue weighted by Gasteiger charge is 2.13. The summed E-state index contributed by atoms with van der Waals surface area (Å²) in [5.74, 6) is 0. The normalized spacial score (nSPS) is 16.4. The quantitative estimate of drug-likeness (QED) is 0.556. The molecule has 0 saturated carbocycles. The van der Waals surface area contributed by atoms with E-state index in [2.05, 4.69) is 47.7 Å². The van der Waals surface area contributed by atoms with E-state index in [-0.39, 0.29) is 0 Å². The molecule has 1 aromatic carbocycles. The summed E-state index contributed by atoms with van der Waals surface area (Å²) in [5, 5.41) is 0.837. The van der Waals surface area contributed by atoms with Crippen molar-refractivity contribution in [3.05, 3.63) is 39.9 Å². The summed E-state index contributed by atoms with van der Waals surface area (Å²) in [6, 6.07) is 6.17. The Balaban J connectivity index is 2.21. The Kier molecular flexibility index (Phi) is 3.17. The molecule has 0 aliphatic heterocycles. The van der Waals surface area contributed by atoms with E-state index < -0.39 is 0 Å². The maximum atomic E-state index is 5.95. The van der Waals surface area contributed by atoms with Gasteiger partial charge in [0.15, 0.2) is 0 Å². The molecule has 0 N–H and O–H groups in total. The van der Waals surface area contributed by atoms with Crippen LogP contribution in [-0.4, -0.2) is 3.92 Å². The lowest BCUT2D eigenvalue weighted by molar-refractivity contribution is 0.931. The summed E-state index contributed by atoms with van der Waals surface area (Å²) in [5.41, 5.74) is 4.26. The Labute approximate surface area is 103 Å². The predicted octanol–water partition coefficient (Wildman–Crippen LogP) is 4.49. The number of fused-ring (bicyclic) bond motifs is 1. The van der Waals surface area contributed by atoms with Crippen molar-refractivity contribution in [1.82, 2.24) is 0 Å². The van der Waals surface area contributed by atoms with Gasteiger partial charge in [-0.3, -0.25) is 0 Å². The molecule has 0 nitrogen and oxygen atoms in total. The first-order chi connectivity index (χ1) is 6.65. The van der Waals surface area contributed by atoms with Gasteiger partial charge in [0.05, 0.1) is 0 Å². The van der Waals surface area contributed by atoms with Crippen LogP contribution in [0.1, 0.15) is 24.5 Å². The minimum absolute atomic E-state index is 0.712. The molecule has 1 atom stereocenters. The van der Waals surface area contributed by atoms with Crippen LogP contribution in [-0.2, 0) is 6.42 Å². The molecule has 0 fully saturated rings. The summed E-state index contributed by atoms with van der Waals surface area (Å²) >= 11 is 8.42. The lowest BCUT2D eigenvalue weighted by Gasteiger charge is -2.03. The van der Waals surface area contributed by atoms with E-state index in [0.717, 1.165) is 11.4 Å². The minimum atomic E-state index is 0.712. The molecule has 0 aromatic heterocycles. The Hall–Kier alpha value is -0.0200. The van der Waals surface area contributed by atoms with Crippen LogP contribution in [0.4, 0.5) is 0 Å². The molecule has 0 unspecified atom stereocenters. The summed E-state index contributed by atoms with van der Waals surface area (Å²) in [6.07, 6.45) is 4.59. The standard InChI is InChI=1S/C12H12ClI/c1-8(14)4-9-5-10-2-3-12(13)7-11(10)6-9/h2-3,6-8H,4-5H2,1H3/t8-/m1/s1. The van der Waals surface area contributed by atoms with E-state index in [1.807, 2.05) is 6.07 Å². The second kappa shape index (κ2) is 4.23. The molecule has 1 aromatic rings. The van der Waals surface area contributed by atoms with Gasteiger partial charge in [-0.2, -0.15) is 0 Å². The van der Waals surface area contributed by atoms with Crippen molar-refractivity contribution in [1.29, 1.82) is 0 Å². The van der Waals surface area contributed by atoms with Crippen molar-refractivity contribution < 1.29 is 0 Å². The van der Waals surface area contributed by atoms with E-state index in [4.69, 9.17) is 11.6 Å². The molecule has 2 heteroatoms. The number of allylic oxidation sites excluding steroid dienone is 1. The zero-order valence-electron chi connectivity index (χ0n) is 8.06. The van der Waals surface area contributed by atoms with Gasteiger partial charge in [-0.1, -0.05) is 58.8 Å². The molecule has 74 valence electrons. The highest BCUT2D eigenvalue weighted by molar-refractivity contribution is 14.1. The fourth-order valence-electron chi connectivity index (χ4n) is 1.87. The van der Waals surface area contributed by atoms with Crippen LogP contribution in [0.25, 0.3) is 6.08 Å². The van der Waals surface area contributed by atoms with Crippen molar-refractivity contribution in [3.63, 3.8) is 0 Å². The lowest BCUT2D eigenvalue weighted by atomic mass is 10.1. The average Bonchev–Trinajstić information content (AvgIpc) is 2.44. The van der Waals surface area contributed by atoms with Gasteiger partial charge < -0.3 is 0 Å². The topological polar surface area (TPSA) is 0 Å². The Morgan fingerprint density at radius 3 is 3.00 bits per heavy atom. The Morgan fingerprint density at radius 1 is 1.50 bits per heavy atom. The molecule has 0 radical (unpaired) electrons. The maximum absolute atomic E-state index is 5.95. The summed E-state index contributed by atoms with van der Waals surface area (Å²) < 4.78 is 0.712. The fourth-order valence-corrected chi connectivity index (χ4v) is 2.62. The lowest BCUT2D eigenvalue weighted by Crippen LogP contribution is -1.93. The van der Waals surface area contributed by atoms with Crippen LogP contribution in [0.15, 0.2) is 23.8 Å². The van der Waals surface area contributed by atoms with Crippen molar-refractivity contribution in [2.75, 3.05) is 0 Å². The smallest absolute Gasteiger partial charge is 0.0412 e. The minimum Gasteiger partial charge on any atom is -0.0843 e. The van der Waals surface area contributed by atoms with Gasteiger partial charge in [-0.25, -0.2) is 0 Å². The van der Waals surface area contributed by atoms with E-state index in [0.29, 0.717) is 3.92 Å². The molecule has 1 aliphatic rings. The van der Waals surface area contributed by atoms with Gasteiger partial charge in [0.1, 0.15) is 0 Å². The highest BCUT2D eigenvalue weighted by atomic mass is 127. The van der Waals surface area contributed by atoms with Gasteiger partial charge in [0.2, 0.25) is 0 Å². The largest absolute Gasteiger partial charge is 0.0843 e. The van der Waals surface area contributed by atoms with Crippen molar-refractivity contribution in [3.8, 4) is 0 Å². The van der Waals surface area contributed by atoms with Gasteiger partial charge in [0, 0.05) is 8.95 Å². The first-order valence-corrected chi connectivity index (χ1v) is 6.39. The zero-order chi connectivity index (χ0) is 10.1. The van der Waals surface area contributed by atoms with Crippen LogP contribution in [0, 0.1) is 0 Å². The van der Waals surface area contributed by atoms with Gasteiger partial charge in [-0.15, -0.1) is 0 Å². The van der Waals surface area contributed by atoms with Crippen LogP contribution < -0.4 is 0 Å². The first-order valence-electron chi connectivity index (χ1n) is 4.77. The van der Waals surface area contributed by atoms with E-state index in [1.54, 1.807) is 0 Å². The van der Waals surface area contributed by atoms with Crippen molar-refractivity contribution >= 4 is 40.3 Å². The number of alkyl halides is 1. The molecular weight excluding hydrogens is 306 g/mol. The van der Waals surface area contributed by atoms with Gasteiger partial charge in [-0.05, 0) is 36.1 Å². The monoisotopic (exact) mass is 318 g/mol. The predicted molar refractivity (Wildman–Crippen MR) is 71.2 cm³/mol. The zero-order valence-corrected chi connectivity index (χ0v) is 11.0. The second-order valence-corrected chi connectivity index (χ2v) is 6.37. The van der Waals surface area contributed by atoms with Crippen molar-refractivity contribution in [2.45, 2.75) is 23.7 Å². The van der Waals surface area contributed by atoms with Crippen LogP contribution >= 0.6 is 34.2 Å². The first kappa shape index (κ1) is 10.5. The van der Waals surface area contributed by atoms with Gasteiger partial charge >= 0.3 is 0 Å². The SMILES string of the molecule is C[C@@H](I)CC1=Cc2cc(Cl)ccc2C1. The molecule has 1 aliphatic carbocycles. The third-order valence-corrected chi connectivity index (χ3v) is 3.10. The molecular formula is C12H12ClI. The number of halogens is 2. The fraction of sp³-hybridized carbons (Fsp3) is 0.333. The Morgan fingerprint density at radius 2 is 2.29 bits per heavy atom. The van der Waals surface area contributed by atoms with E-state index in [9.17, 15) is 0 Å². The summed E-state index contributed by atoms with van der Waals surface area (Å²) in [6.45, 7) is 2.25. The van der Waals surface area contributed by atoms with Crippen molar-refractivity contribution in [2.24, 2.45) is 0 Å². The number of hydrogen-bond acceptors (Lipinski definition) is 0. The molecule has 2 rings (SSSR count). The second-order valence-electron chi connectivity index (χ2n) is 3.81. The third-order valence-electron chi connectivity index (χ3n) is 2.43. The van der Waals surface area contributed by atoms with Crippen LogP contribution in [0.5, 0.6) is 0 Å². The molecule has 0 bridgehead atoms. The summed E-state index contributed by atoms with van der Waals surface area (Å²) in [4.78, 5) is 0. The number of rotatable bonds is 2. The van der Waals surface area contributed by atoms with E-state index >= 15 is 0 Å². The number of benzene rings is 1. The summed E-state index contributed by atoms with van der Waals surface area (Å²) in [7, 11) is 0. The number of hydrogen-bond donors (Lipinski definition) is 0. The van der Waals surface area contributed by atoms with Crippen LogP contribution in [0.2, 0.25) is 5.02 Å². The van der Waals surface area contributed by atoms with E-state index in [1.165, 1.54) is 23.1 Å². The third kappa shape index (κ3) is 2.31. The average molecular weight is 319 g/mol. The van der Waals surface area contributed by atoms with Crippen LogP contribution in [0.3, 0.4) is 0 Å². The maximum Gasteiger partial charge on any atom is 0.0412 e.